The van der Waals surface area contributed by atoms with Gasteiger partial charge < -0.3 is 15.2 Å². The summed E-state index contributed by atoms with van der Waals surface area (Å²) in [6.45, 7) is 3.34. The molecular weight excluding hydrogens is 490 g/mol. The molecule has 8 heteroatoms. The van der Waals surface area contributed by atoms with Gasteiger partial charge in [-0.15, -0.1) is 0 Å². The highest BCUT2D eigenvalue weighted by atomic mass is 16.5. The van der Waals surface area contributed by atoms with Gasteiger partial charge in [0.2, 0.25) is 5.91 Å². The van der Waals surface area contributed by atoms with Crippen LogP contribution in [0, 0.1) is 0 Å². The van der Waals surface area contributed by atoms with E-state index < -0.39 is 5.54 Å². The molecule has 0 unspecified atom stereocenters. The summed E-state index contributed by atoms with van der Waals surface area (Å²) in [6.07, 6.45) is 7.86. The average molecular weight is 526 g/mol. The minimum Gasteiger partial charge on any atom is -0.342 e. The first-order chi connectivity index (χ1) is 18.8. The van der Waals surface area contributed by atoms with Gasteiger partial charge in [0, 0.05) is 35.4 Å². The number of carbonyl (C=O) groups excluding carboxylic acids is 2. The van der Waals surface area contributed by atoms with Crippen molar-refractivity contribution in [1.29, 1.82) is 0 Å². The molecule has 1 aliphatic rings. The third-order valence-corrected chi connectivity index (χ3v) is 7.69. The number of amides is 2. The lowest BCUT2D eigenvalue weighted by atomic mass is 9.82. The molecule has 5 rings (SSSR count). The Balaban J connectivity index is 1.43. The first kappa shape index (κ1) is 26.4. The average Bonchev–Trinajstić information content (AvgIpc) is 3.25. The molecule has 4 N–H and O–H groups in total. The number of pyridine rings is 1. The van der Waals surface area contributed by atoms with Crippen LogP contribution < -0.4 is 16.1 Å². The number of fused-ring (bicyclic) bond motifs is 1. The largest absolute Gasteiger partial charge is 0.342 e. The van der Waals surface area contributed by atoms with Crippen LogP contribution in [0.15, 0.2) is 66.9 Å². The quantitative estimate of drug-likeness (QED) is 0.214. The molecule has 0 bridgehead atoms. The molecule has 0 saturated heterocycles. The molecule has 4 aromatic rings. The van der Waals surface area contributed by atoms with Crippen LogP contribution in [-0.4, -0.2) is 32.1 Å². The van der Waals surface area contributed by atoms with E-state index in [2.05, 4.69) is 25.7 Å². The van der Waals surface area contributed by atoms with Gasteiger partial charge in [-0.1, -0.05) is 31.4 Å². The number of nitrogens with zero attached hydrogens (tertiary/aromatic N) is 2. The molecule has 0 radical (unpaired) electrons. The summed E-state index contributed by atoms with van der Waals surface area (Å²) >= 11 is 0. The van der Waals surface area contributed by atoms with Crippen molar-refractivity contribution in [3.8, 4) is 11.4 Å². The fourth-order valence-corrected chi connectivity index (χ4v) is 5.55. The first-order valence-electron chi connectivity index (χ1n) is 13.5. The lowest BCUT2D eigenvalue weighted by Gasteiger charge is -2.25. The van der Waals surface area contributed by atoms with Crippen molar-refractivity contribution in [2.24, 2.45) is 7.05 Å². The maximum atomic E-state index is 13.4. The van der Waals surface area contributed by atoms with Gasteiger partial charge >= 0.3 is 0 Å². The molecule has 1 fully saturated rings. The van der Waals surface area contributed by atoms with E-state index in [-0.39, 0.29) is 11.8 Å². The van der Waals surface area contributed by atoms with E-state index >= 15 is 0 Å². The van der Waals surface area contributed by atoms with Gasteiger partial charge in [0.25, 0.3) is 5.91 Å². The van der Waals surface area contributed by atoms with Crippen molar-refractivity contribution in [3.63, 3.8) is 0 Å². The summed E-state index contributed by atoms with van der Waals surface area (Å²) in [7, 11) is 2.04. The normalized spacial score (nSPS) is 14.3. The zero-order valence-corrected chi connectivity index (χ0v) is 22.6. The Bertz CT molecular complexity index is 1490. The van der Waals surface area contributed by atoms with Gasteiger partial charge in [-0.25, -0.2) is 0 Å². The topological polar surface area (TPSA) is 108 Å². The third kappa shape index (κ3) is 5.38. The Hall–Kier alpha value is -4.17. The van der Waals surface area contributed by atoms with Crippen molar-refractivity contribution < 1.29 is 14.8 Å². The monoisotopic (exact) mass is 525 g/mol. The van der Waals surface area contributed by atoms with Crippen LogP contribution >= 0.6 is 0 Å². The van der Waals surface area contributed by atoms with Crippen LogP contribution in [0.3, 0.4) is 0 Å². The molecule has 2 heterocycles. The number of aromatic nitrogens is 2. The zero-order valence-electron chi connectivity index (χ0n) is 22.6. The summed E-state index contributed by atoms with van der Waals surface area (Å²) < 4.78 is 2.15. The molecule has 0 atom stereocenters. The molecule has 1 saturated carbocycles. The number of anilines is 2. The van der Waals surface area contributed by atoms with Crippen molar-refractivity contribution in [2.75, 3.05) is 10.8 Å². The number of nitrogens with one attached hydrogen (secondary N) is 3. The molecule has 1 aliphatic carbocycles. The molecule has 8 nitrogen and oxygen atoms in total. The maximum Gasteiger partial charge on any atom is 0.252 e. The van der Waals surface area contributed by atoms with Crippen LogP contribution in [0.4, 0.5) is 11.4 Å². The fraction of sp³-hybridized carbons (Fsp3) is 0.323. The van der Waals surface area contributed by atoms with E-state index in [1.54, 1.807) is 38.1 Å². The highest BCUT2D eigenvalue weighted by Crippen LogP contribution is 2.43. The molecule has 2 amide bonds. The van der Waals surface area contributed by atoms with Crippen molar-refractivity contribution in [1.82, 2.24) is 14.9 Å². The number of hydrogen-bond donors (Lipinski definition) is 4. The number of benzene rings is 2. The maximum absolute atomic E-state index is 13.4. The van der Waals surface area contributed by atoms with E-state index in [4.69, 9.17) is 5.21 Å². The summed E-state index contributed by atoms with van der Waals surface area (Å²) in [5.41, 5.74) is 6.79. The molecular formula is C31H35N5O3. The zero-order chi connectivity index (χ0) is 27.6. The van der Waals surface area contributed by atoms with Gasteiger partial charge in [0.05, 0.1) is 17.1 Å². The van der Waals surface area contributed by atoms with Gasteiger partial charge in [-0.05, 0) is 86.7 Å². The Labute approximate surface area is 228 Å². The van der Waals surface area contributed by atoms with Gasteiger partial charge in [-0.2, -0.15) is 0 Å². The summed E-state index contributed by atoms with van der Waals surface area (Å²) in [5.74, 6) is -0.210. The fourth-order valence-electron chi connectivity index (χ4n) is 5.55. The summed E-state index contributed by atoms with van der Waals surface area (Å²) in [5, 5.41) is 15.8. The lowest BCUT2D eigenvalue weighted by molar-refractivity contribution is -0.120. The SMILES string of the molecule is Cn1c(-c2ccccn2)c(C2CCCCC2)c2ccc(C(=O)NC(C)(C)C(=O)Nc3ccc(NO)cc3)cc21. The smallest absolute Gasteiger partial charge is 0.252 e. The molecule has 39 heavy (non-hydrogen) atoms. The van der Waals surface area contributed by atoms with Crippen LogP contribution in [0.5, 0.6) is 0 Å². The molecule has 2 aromatic heterocycles. The van der Waals surface area contributed by atoms with Crippen LogP contribution in [0.25, 0.3) is 22.3 Å². The predicted molar refractivity (Wildman–Crippen MR) is 154 cm³/mol. The number of hydrogen-bond acceptors (Lipinski definition) is 5. The first-order valence-corrected chi connectivity index (χ1v) is 13.5. The van der Waals surface area contributed by atoms with Gasteiger partial charge in [-0.3, -0.25) is 25.3 Å². The highest BCUT2D eigenvalue weighted by Gasteiger charge is 2.31. The lowest BCUT2D eigenvalue weighted by Crippen LogP contribution is -2.52. The Morgan fingerprint density at radius 1 is 0.974 bits per heavy atom. The van der Waals surface area contributed by atoms with E-state index in [0.29, 0.717) is 22.9 Å². The highest BCUT2D eigenvalue weighted by molar-refractivity contribution is 6.05. The van der Waals surface area contributed by atoms with Crippen molar-refractivity contribution in [3.05, 3.63) is 78.0 Å². The third-order valence-electron chi connectivity index (χ3n) is 7.69. The van der Waals surface area contributed by atoms with Gasteiger partial charge in [0.15, 0.2) is 0 Å². The van der Waals surface area contributed by atoms with Crippen molar-refractivity contribution >= 4 is 34.1 Å². The second-order valence-electron chi connectivity index (χ2n) is 10.8. The standard InChI is InChI=1S/C31H35N5O3/c1-31(2,30(38)33-22-13-15-23(35-39)16-14-22)34-29(37)21-12-17-24-26(19-21)36(3)28(25-11-7-8-18-32-25)27(24)20-9-5-4-6-10-20/h7-8,11-20,35,39H,4-6,9-10H2,1-3H3,(H,33,38)(H,34,37). The Morgan fingerprint density at radius 2 is 1.69 bits per heavy atom. The molecule has 0 spiro atoms. The van der Waals surface area contributed by atoms with Crippen LogP contribution in [0.1, 0.15) is 67.8 Å². The minimum atomic E-state index is -1.17. The minimum absolute atomic E-state index is 0.323. The second-order valence-corrected chi connectivity index (χ2v) is 10.8. The van der Waals surface area contributed by atoms with E-state index in [1.807, 2.05) is 49.6 Å². The molecule has 202 valence electrons. The Morgan fingerprint density at radius 3 is 2.36 bits per heavy atom. The number of rotatable bonds is 7. The Kier molecular flexibility index (Phi) is 7.39. The molecule has 0 aliphatic heterocycles. The predicted octanol–water partition coefficient (Wildman–Crippen LogP) is 6.24. The van der Waals surface area contributed by atoms with Gasteiger partial charge in [0.1, 0.15) is 5.54 Å². The number of carbonyl (C=O) groups is 2. The summed E-state index contributed by atoms with van der Waals surface area (Å²) in [6, 6.07) is 18.4. The molecule has 2 aromatic carbocycles. The van der Waals surface area contributed by atoms with Crippen LogP contribution in [0.2, 0.25) is 0 Å². The van der Waals surface area contributed by atoms with Crippen molar-refractivity contribution in [2.45, 2.75) is 57.4 Å². The van der Waals surface area contributed by atoms with E-state index in [1.165, 1.54) is 24.8 Å². The summed E-state index contributed by atoms with van der Waals surface area (Å²) in [4.78, 5) is 31.0. The van der Waals surface area contributed by atoms with Crippen LogP contribution in [-0.2, 0) is 11.8 Å². The second kappa shape index (κ2) is 10.9. The number of aryl methyl sites for hydroxylation is 1. The van der Waals surface area contributed by atoms with E-state index in [9.17, 15) is 9.59 Å². The van der Waals surface area contributed by atoms with E-state index in [0.717, 1.165) is 35.1 Å².